The van der Waals surface area contributed by atoms with Gasteiger partial charge in [-0.2, -0.15) is 0 Å². The van der Waals surface area contributed by atoms with Crippen LogP contribution < -0.4 is 0 Å². The molecule has 0 nitrogen and oxygen atoms in total. The van der Waals surface area contributed by atoms with E-state index in [1.807, 2.05) is 0 Å². The predicted octanol–water partition coefficient (Wildman–Crippen LogP) is -0.0196. The first kappa shape index (κ1) is 104. The zero-order valence-corrected chi connectivity index (χ0v) is 10.7. The minimum atomic E-state index is 0. The average Bonchev–Trinajstić information content (AvgIpc) is 0. The molecule has 0 aromatic rings. The summed E-state index contributed by atoms with van der Waals surface area (Å²) in [4.78, 5) is 0. The smallest absolute Gasteiger partial charge is 1.00 e. The molecule has 0 fully saturated rings. The molecule has 0 aliphatic heterocycles. The van der Waals surface area contributed by atoms with E-state index in [2.05, 4.69) is 0 Å². The second-order valence-electron chi connectivity index (χ2n) is 0. The third kappa shape index (κ3) is 56.3. The fraction of sp³-hybridized carbons (Fsp3) is 0. The van der Waals surface area contributed by atoms with Gasteiger partial charge in [-0.05, 0) is 0 Å². The van der Waals surface area contributed by atoms with E-state index in [1.165, 1.54) is 0 Å². The Bertz CT molecular complexity index is 8.00. The molecule has 0 amide bonds. The molecule has 0 aromatic heterocycles. The monoisotopic (exact) mass is 352 g/mol. The van der Waals surface area contributed by atoms with E-state index in [-0.39, 0.29) is 122 Å². The Hall–Kier alpha value is 3.48. The Morgan fingerprint density at radius 3 is 0.375 bits per heavy atom. The van der Waals surface area contributed by atoms with Crippen molar-refractivity contribution in [2.45, 2.75) is 0 Å². The Morgan fingerprint density at radius 2 is 0.375 bits per heavy atom. The van der Waals surface area contributed by atoms with Gasteiger partial charge in [0.05, 0.1) is 0 Å². The second-order valence-corrected chi connectivity index (χ2v) is 0. The molecule has 0 unspecified atom stereocenters. The van der Waals surface area contributed by atoms with Crippen LogP contribution in [0.2, 0.25) is 0 Å². The molecular weight excluding hydrogens is 352 g/mol. The molecule has 8 heteroatoms. The normalized spacial score (nSPS) is 0. The van der Waals surface area contributed by atoms with E-state index in [1.54, 1.807) is 0 Å². The van der Waals surface area contributed by atoms with Crippen molar-refractivity contribution in [1.82, 2.24) is 0 Å². The van der Waals surface area contributed by atoms with E-state index in [4.69, 9.17) is 0 Å². The molecule has 5 radical (unpaired) electrons. The molecule has 0 spiro atoms. The largest absolute Gasteiger partial charge is 3.00 e. The summed E-state index contributed by atoms with van der Waals surface area (Å²) < 4.78 is 0. The van der Waals surface area contributed by atoms with Gasteiger partial charge in [0.1, 0.15) is 0 Å². The molecule has 0 aliphatic rings. The van der Waals surface area contributed by atoms with Gasteiger partial charge >= 0.3 is 17.1 Å². The molecule has 0 saturated carbocycles. The van der Waals surface area contributed by atoms with Crippen molar-refractivity contribution in [2.24, 2.45) is 0 Å². The molecule has 0 aromatic carbocycles. The fourth-order valence-corrected chi connectivity index (χ4v) is 0. The van der Waals surface area contributed by atoms with Crippen LogP contribution in [0.15, 0.2) is 0 Å². The van der Waals surface area contributed by atoms with Crippen LogP contribution in [0.4, 0.5) is 0 Å². The van der Waals surface area contributed by atoms with Crippen molar-refractivity contribution < 1.29 is 68.3 Å². The summed E-state index contributed by atoms with van der Waals surface area (Å²) in [6, 6.07) is 0. The van der Waals surface area contributed by atoms with Crippen LogP contribution in [0.25, 0.3) is 0 Å². The van der Waals surface area contributed by atoms with Crippen LogP contribution >= 0.6 is 0 Å². The SMILES string of the molecule is [Fe+3].[Fe].[Fe].[Fe].[S-].[S-].[S-].[S-]. The predicted molar refractivity (Wildman–Crippen MR) is 29.5 cm³/mol. The van der Waals surface area contributed by atoms with Crippen molar-refractivity contribution in [3.8, 4) is 0 Å². The van der Waals surface area contributed by atoms with Gasteiger partial charge in [-0.25, -0.2) is 0 Å². The Balaban J connectivity index is 0. The molecule has 0 heterocycles. The summed E-state index contributed by atoms with van der Waals surface area (Å²) in [6.45, 7) is 0. The first-order valence-electron chi connectivity index (χ1n) is 0. The van der Waals surface area contributed by atoms with E-state index in [0.717, 1.165) is 0 Å². The molecular formula is Fe4S4-. The summed E-state index contributed by atoms with van der Waals surface area (Å²) >= 11 is 0. The van der Waals surface area contributed by atoms with Gasteiger partial charge < -0.3 is 54.0 Å². The van der Waals surface area contributed by atoms with Gasteiger partial charge in [0.25, 0.3) is 0 Å². The number of rotatable bonds is 0. The van der Waals surface area contributed by atoms with Crippen LogP contribution in [-0.2, 0) is 122 Å². The quantitative estimate of drug-likeness (QED) is 0.425. The second kappa shape index (κ2) is 77.8. The molecule has 0 aliphatic carbocycles. The third-order valence-corrected chi connectivity index (χ3v) is 0. The van der Waals surface area contributed by atoms with Gasteiger partial charge in [-0.1, -0.05) is 0 Å². The zero-order valence-electron chi connectivity index (χ0n) is 3.05. The topological polar surface area (TPSA) is 0 Å². The van der Waals surface area contributed by atoms with Gasteiger partial charge in [0, 0.05) is 51.2 Å². The fourth-order valence-electron chi connectivity index (χ4n) is 0. The van der Waals surface area contributed by atoms with Crippen LogP contribution in [0.5, 0.6) is 0 Å². The molecule has 8 heavy (non-hydrogen) atoms. The van der Waals surface area contributed by atoms with Gasteiger partial charge in [-0.15, -0.1) is 0 Å². The van der Waals surface area contributed by atoms with Crippen molar-refractivity contribution in [1.29, 1.82) is 0 Å². The van der Waals surface area contributed by atoms with Gasteiger partial charge in [0.2, 0.25) is 0 Å². The summed E-state index contributed by atoms with van der Waals surface area (Å²) in [5, 5.41) is 0. The van der Waals surface area contributed by atoms with Gasteiger partial charge in [0.15, 0.2) is 0 Å². The maximum Gasteiger partial charge on any atom is 3.00 e. The molecule has 0 bridgehead atoms. The number of hydrogen-bond donors (Lipinski definition) is 0. The third-order valence-electron chi connectivity index (χ3n) is 0. The Morgan fingerprint density at radius 1 is 0.375 bits per heavy atom. The first-order chi connectivity index (χ1) is 0. The standard InChI is InChI=1S/4Fe.4S/q;;;+3;4*-1. The molecule has 0 saturated heterocycles. The van der Waals surface area contributed by atoms with Crippen molar-refractivity contribution in [3.63, 3.8) is 0 Å². The maximum absolute atomic E-state index is 0. The summed E-state index contributed by atoms with van der Waals surface area (Å²) in [5.74, 6) is 0. The van der Waals surface area contributed by atoms with Crippen LogP contribution in [0.3, 0.4) is 0 Å². The van der Waals surface area contributed by atoms with Crippen LogP contribution in [0, 0.1) is 0 Å². The van der Waals surface area contributed by atoms with Crippen molar-refractivity contribution in [3.05, 3.63) is 0 Å². The van der Waals surface area contributed by atoms with E-state index in [0.29, 0.717) is 0 Å². The van der Waals surface area contributed by atoms with Crippen LogP contribution in [0.1, 0.15) is 0 Å². The zero-order chi connectivity index (χ0) is 0. The number of hydrogen-bond acceptors (Lipinski definition) is 4. The molecule has 57 valence electrons. The minimum Gasteiger partial charge on any atom is -1.00 e. The maximum atomic E-state index is 0. The Kier molecular flexibility index (Phi) is 1010. The van der Waals surface area contributed by atoms with Crippen molar-refractivity contribution in [2.75, 3.05) is 0 Å². The van der Waals surface area contributed by atoms with Crippen LogP contribution in [-0.4, -0.2) is 0 Å². The van der Waals surface area contributed by atoms with E-state index >= 15 is 0 Å². The summed E-state index contributed by atoms with van der Waals surface area (Å²) in [5.41, 5.74) is 0. The van der Waals surface area contributed by atoms with Gasteiger partial charge in [-0.3, -0.25) is 0 Å². The summed E-state index contributed by atoms with van der Waals surface area (Å²) in [7, 11) is 0. The molecule has 0 rings (SSSR count). The minimum absolute atomic E-state index is 0. The average molecular weight is 352 g/mol. The molecule has 0 atom stereocenters. The van der Waals surface area contributed by atoms with Crippen molar-refractivity contribution >= 4 is 54.0 Å². The van der Waals surface area contributed by atoms with E-state index in [9.17, 15) is 0 Å². The molecule has 0 N–H and O–H groups in total. The van der Waals surface area contributed by atoms with E-state index < -0.39 is 0 Å². The summed E-state index contributed by atoms with van der Waals surface area (Å²) in [6.07, 6.45) is 0. The first-order valence-corrected chi connectivity index (χ1v) is 0. The Labute approximate surface area is 121 Å².